The summed E-state index contributed by atoms with van der Waals surface area (Å²) in [6, 6.07) is 12.4. The lowest BCUT2D eigenvalue weighted by molar-refractivity contribution is -0.139. The molecule has 1 fully saturated rings. The van der Waals surface area contributed by atoms with Crippen LogP contribution in [0.15, 0.2) is 48.8 Å². The highest BCUT2D eigenvalue weighted by Crippen LogP contribution is 2.29. The molecule has 1 aromatic heterocycles. The third-order valence-electron chi connectivity index (χ3n) is 5.30. The van der Waals surface area contributed by atoms with E-state index in [0.717, 1.165) is 37.8 Å². The zero-order valence-corrected chi connectivity index (χ0v) is 14.4. The van der Waals surface area contributed by atoms with Gasteiger partial charge in [-0.3, -0.25) is 9.78 Å². The molecule has 130 valence electrons. The molecule has 1 amide bonds. The van der Waals surface area contributed by atoms with Gasteiger partial charge in [-0.25, -0.2) is 0 Å². The van der Waals surface area contributed by atoms with Crippen LogP contribution in [-0.2, 0) is 29.0 Å². The largest absolute Gasteiger partial charge is 0.372 e. The van der Waals surface area contributed by atoms with Crippen molar-refractivity contribution in [2.75, 3.05) is 13.1 Å². The predicted molar refractivity (Wildman–Crippen MR) is 96.0 cm³/mol. The molecule has 1 aliphatic carbocycles. The van der Waals surface area contributed by atoms with Gasteiger partial charge in [-0.1, -0.05) is 30.3 Å². The summed E-state index contributed by atoms with van der Waals surface area (Å²) in [4.78, 5) is 19.1. The molecule has 0 radical (unpaired) electrons. The number of ether oxygens (including phenoxy) is 1. The fourth-order valence-corrected chi connectivity index (χ4v) is 3.96. The minimum absolute atomic E-state index is 0.106. The molecule has 0 saturated carbocycles. The summed E-state index contributed by atoms with van der Waals surface area (Å²) in [6.45, 7) is 2.14. The standard InChI is InChI=1S/C21H24N2O2/c24-21(19-11-17-6-1-2-7-18(17)12-19)23-10-4-8-20(14-23)25-15-16-5-3-9-22-13-16/h1-3,5-7,9,13,19-20H,4,8,10-12,14-15H2/t20-/m1/s1. The number of nitrogens with zero attached hydrogens (tertiary/aromatic N) is 2. The minimum atomic E-state index is 0.106. The van der Waals surface area contributed by atoms with E-state index in [1.54, 1.807) is 6.20 Å². The minimum Gasteiger partial charge on any atom is -0.372 e. The first-order valence-corrected chi connectivity index (χ1v) is 9.15. The smallest absolute Gasteiger partial charge is 0.226 e. The fraction of sp³-hybridized carbons (Fsp3) is 0.429. The van der Waals surface area contributed by atoms with Gasteiger partial charge in [0.1, 0.15) is 0 Å². The van der Waals surface area contributed by atoms with Crippen molar-refractivity contribution in [3.63, 3.8) is 0 Å². The predicted octanol–water partition coefficient (Wildman–Crippen LogP) is 3.00. The molecule has 0 bridgehead atoms. The van der Waals surface area contributed by atoms with Gasteiger partial charge in [0.05, 0.1) is 12.7 Å². The molecule has 2 heterocycles. The molecule has 4 heteroatoms. The van der Waals surface area contributed by atoms with Crippen LogP contribution >= 0.6 is 0 Å². The van der Waals surface area contributed by atoms with Gasteiger partial charge in [0.15, 0.2) is 0 Å². The lowest BCUT2D eigenvalue weighted by Gasteiger charge is -2.34. The van der Waals surface area contributed by atoms with Gasteiger partial charge in [-0.2, -0.15) is 0 Å². The Bertz CT molecular complexity index is 707. The molecule has 1 atom stereocenters. The Morgan fingerprint density at radius 3 is 2.68 bits per heavy atom. The van der Waals surface area contributed by atoms with Crippen LogP contribution < -0.4 is 0 Å². The number of hydrogen-bond donors (Lipinski definition) is 0. The van der Waals surface area contributed by atoms with E-state index in [-0.39, 0.29) is 12.0 Å². The summed E-state index contributed by atoms with van der Waals surface area (Å²) in [5.74, 6) is 0.403. The summed E-state index contributed by atoms with van der Waals surface area (Å²) in [5.41, 5.74) is 3.75. The quantitative estimate of drug-likeness (QED) is 0.862. The van der Waals surface area contributed by atoms with Crippen LogP contribution in [0.1, 0.15) is 29.5 Å². The van der Waals surface area contributed by atoms with Gasteiger partial charge >= 0.3 is 0 Å². The van der Waals surface area contributed by atoms with E-state index < -0.39 is 0 Å². The third kappa shape index (κ3) is 3.74. The highest BCUT2D eigenvalue weighted by molar-refractivity contribution is 5.80. The van der Waals surface area contributed by atoms with Crippen LogP contribution in [0.4, 0.5) is 0 Å². The van der Waals surface area contributed by atoms with E-state index in [2.05, 4.69) is 29.2 Å². The molecule has 1 aromatic carbocycles. The van der Waals surface area contributed by atoms with E-state index in [1.165, 1.54) is 11.1 Å². The van der Waals surface area contributed by atoms with Crippen LogP contribution in [0.2, 0.25) is 0 Å². The molecular weight excluding hydrogens is 312 g/mol. The highest BCUT2D eigenvalue weighted by atomic mass is 16.5. The first kappa shape index (κ1) is 16.3. The Labute approximate surface area is 148 Å². The number of carbonyl (C=O) groups excluding carboxylic acids is 1. The summed E-state index contributed by atoms with van der Waals surface area (Å²) < 4.78 is 6.04. The molecule has 2 aliphatic rings. The lowest BCUT2D eigenvalue weighted by atomic mass is 10.0. The number of aromatic nitrogens is 1. The Morgan fingerprint density at radius 2 is 1.96 bits per heavy atom. The van der Waals surface area contributed by atoms with Crippen LogP contribution in [0.25, 0.3) is 0 Å². The number of amides is 1. The second kappa shape index (κ2) is 7.36. The topological polar surface area (TPSA) is 42.4 Å². The highest BCUT2D eigenvalue weighted by Gasteiger charge is 2.33. The van der Waals surface area contributed by atoms with E-state index in [4.69, 9.17) is 4.74 Å². The lowest BCUT2D eigenvalue weighted by Crippen LogP contribution is -2.45. The van der Waals surface area contributed by atoms with Gasteiger partial charge < -0.3 is 9.64 Å². The number of carbonyl (C=O) groups is 1. The zero-order valence-electron chi connectivity index (χ0n) is 14.4. The Morgan fingerprint density at radius 1 is 1.16 bits per heavy atom. The molecule has 25 heavy (non-hydrogen) atoms. The Balaban J connectivity index is 1.33. The van der Waals surface area contributed by atoms with Crippen molar-refractivity contribution in [3.05, 3.63) is 65.5 Å². The van der Waals surface area contributed by atoms with Gasteiger partial charge in [0, 0.05) is 31.4 Å². The number of rotatable bonds is 4. The summed E-state index contributed by atoms with van der Waals surface area (Å²) in [6.07, 6.45) is 7.53. The zero-order chi connectivity index (χ0) is 17.1. The Hall–Kier alpha value is -2.20. The molecule has 0 spiro atoms. The summed E-state index contributed by atoms with van der Waals surface area (Å²) >= 11 is 0. The van der Waals surface area contributed by atoms with E-state index >= 15 is 0 Å². The van der Waals surface area contributed by atoms with Crippen molar-refractivity contribution in [1.82, 2.24) is 9.88 Å². The average Bonchev–Trinajstić information content (AvgIpc) is 3.11. The fourth-order valence-electron chi connectivity index (χ4n) is 3.96. The maximum absolute atomic E-state index is 12.9. The number of pyridine rings is 1. The molecule has 4 rings (SSSR count). The van der Waals surface area contributed by atoms with Gasteiger partial charge in [-0.15, -0.1) is 0 Å². The summed E-state index contributed by atoms with van der Waals surface area (Å²) in [5, 5.41) is 0. The van der Waals surface area contributed by atoms with Crippen molar-refractivity contribution < 1.29 is 9.53 Å². The Kier molecular flexibility index (Phi) is 4.79. The normalized spacial score (nSPS) is 20.5. The number of benzene rings is 1. The van der Waals surface area contributed by atoms with Crippen LogP contribution in [-0.4, -0.2) is 35.0 Å². The maximum atomic E-state index is 12.9. The van der Waals surface area contributed by atoms with Gasteiger partial charge in [0.25, 0.3) is 0 Å². The molecule has 0 unspecified atom stereocenters. The molecule has 1 aliphatic heterocycles. The number of likely N-dealkylation sites (tertiary alicyclic amines) is 1. The van der Waals surface area contributed by atoms with E-state index in [9.17, 15) is 4.79 Å². The average molecular weight is 336 g/mol. The summed E-state index contributed by atoms with van der Waals surface area (Å²) in [7, 11) is 0. The molecule has 4 nitrogen and oxygen atoms in total. The maximum Gasteiger partial charge on any atom is 0.226 e. The second-order valence-corrected chi connectivity index (χ2v) is 7.09. The molecular formula is C21H24N2O2. The molecule has 0 N–H and O–H groups in total. The SMILES string of the molecule is O=C(C1Cc2ccccc2C1)N1CCC[C@@H](OCc2cccnc2)C1. The van der Waals surface area contributed by atoms with Crippen molar-refractivity contribution in [2.45, 2.75) is 38.4 Å². The number of fused-ring (bicyclic) bond motifs is 1. The van der Waals surface area contributed by atoms with Crippen LogP contribution in [0.5, 0.6) is 0 Å². The number of piperidine rings is 1. The second-order valence-electron chi connectivity index (χ2n) is 7.09. The van der Waals surface area contributed by atoms with E-state index in [0.29, 0.717) is 19.1 Å². The third-order valence-corrected chi connectivity index (χ3v) is 5.30. The first-order chi connectivity index (χ1) is 12.3. The van der Waals surface area contributed by atoms with Crippen molar-refractivity contribution in [3.8, 4) is 0 Å². The first-order valence-electron chi connectivity index (χ1n) is 9.15. The van der Waals surface area contributed by atoms with Crippen molar-refractivity contribution in [2.24, 2.45) is 5.92 Å². The molecule has 1 saturated heterocycles. The van der Waals surface area contributed by atoms with Gasteiger partial charge in [-0.05, 0) is 48.4 Å². The van der Waals surface area contributed by atoms with E-state index in [1.807, 2.05) is 23.2 Å². The molecule has 2 aromatic rings. The van der Waals surface area contributed by atoms with Crippen LogP contribution in [0.3, 0.4) is 0 Å². The van der Waals surface area contributed by atoms with Crippen molar-refractivity contribution in [1.29, 1.82) is 0 Å². The van der Waals surface area contributed by atoms with Crippen molar-refractivity contribution >= 4 is 5.91 Å². The van der Waals surface area contributed by atoms with Gasteiger partial charge in [0.2, 0.25) is 5.91 Å². The monoisotopic (exact) mass is 336 g/mol. The number of hydrogen-bond acceptors (Lipinski definition) is 3. The van der Waals surface area contributed by atoms with Crippen LogP contribution in [0, 0.1) is 5.92 Å².